The van der Waals surface area contributed by atoms with Crippen molar-refractivity contribution in [2.24, 2.45) is 4.99 Å². The summed E-state index contributed by atoms with van der Waals surface area (Å²) in [6, 6.07) is 4.10. The van der Waals surface area contributed by atoms with Gasteiger partial charge in [0.05, 0.1) is 11.4 Å². The van der Waals surface area contributed by atoms with Crippen LogP contribution in [0.1, 0.15) is 6.42 Å². The molecule has 8 heteroatoms. The molecule has 0 atom stereocenters. The van der Waals surface area contributed by atoms with Crippen LogP contribution in [0.4, 0.5) is 18.2 Å². The van der Waals surface area contributed by atoms with Gasteiger partial charge in [0.1, 0.15) is 0 Å². The SMILES string of the molecule is CN=C(NCCC(F)(F)F)N1CCN(c2cccs2)CC1. The van der Waals surface area contributed by atoms with Gasteiger partial charge in [-0.15, -0.1) is 11.3 Å². The first-order valence-electron chi connectivity index (χ1n) is 6.80. The molecule has 0 spiro atoms. The molecule has 1 saturated heterocycles. The molecule has 1 aliphatic rings. The van der Waals surface area contributed by atoms with E-state index in [0.717, 1.165) is 26.2 Å². The van der Waals surface area contributed by atoms with Crippen LogP contribution in [0.25, 0.3) is 0 Å². The Labute approximate surface area is 126 Å². The number of nitrogens with one attached hydrogen (secondary N) is 1. The molecule has 0 amide bonds. The molecule has 1 aliphatic heterocycles. The zero-order chi connectivity index (χ0) is 15.3. The van der Waals surface area contributed by atoms with Crippen molar-refractivity contribution in [3.63, 3.8) is 0 Å². The van der Waals surface area contributed by atoms with Gasteiger partial charge in [-0.3, -0.25) is 4.99 Å². The number of alkyl halides is 3. The van der Waals surface area contributed by atoms with Crippen LogP contribution in [0.3, 0.4) is 0 Å². The third-order valence-electron chi connectivity index (χ3n) is 3.30. The molecule has 0 radical (unpaired) electrons. The molecule has 1 aromatic heterocycles. The van der Waals surface area contributed by atoms with Crippen LogP contribution in [-0.2, 0) is 0 Å². The van der Waals surface area contributed by atoms with Crippen molar-refractivity contribution in [2.75, 3.05) is 44.7 Å². The number of rotatable bonds is 3. The number of hydrogen-bond acceptors (Lipinski definition) is 3. The number of guanidine groups is 1. The fourth-order valence-electron chi connectivity index (χ4n) is 2.24. The first-order chi connectivity index (χ1) is 9.99. The van der Waals surface area contributed by atoms with E-state index in [9.17, 15) is 13.2 Å². The van der Waals surface area contributed by atoms with Crippen molar-refractivity contribution in [3.8, 4) is 0 Å². The first kappa shape index (κ1) is 15.9. The molecule has 0 bridgehead atoms. The molecule has 1 N–H and O–H groups in total. The Morgan fingerprint density at radius 2 is 2.05 bits per heavy atom. The highest BCUT2D eigenvalue weighted by Crippen LogP contribution is 2.22. The Balaban J connectivity index is 1.79. The van der Waals surface area contributed by atoms with Gasteiger partial charge in [0, 0.05) is 39.8 Å². The number of anilines is 1. The maximum Gasteiger partial charge on any atom is 0.390 e. The molecule has 0 aliphatic carbocycles. The van der Waals surface area contributed by atoms with E-state index in [1.54, 1.807) is 18.4 Å². The van der Waals surface area contributed by atoms with Gasteiger partial charge >= 0.3 is 6.18 Å². The van der Waals surface area contributed by atoms with Gasteiger partial charge in [0.15, 0.2) is 5.96 Å². The quantitative estimate of drug-likeness (QED) is 0.685. The summed E-state index contributed by atoms with van der Waals surface area (Å²) in [6.07, 6.45) is -4.98. The fraction of sp³-hybridized carbons (Fsp3) is 0.615. The number of hydrogen-bond donors (Lipinski definition) is 1. The van der Waals surface area contributed by atoms with Gasteiger partial charge in [-0.05, 0) is 17.5 Å². The molecule has 21 heavy (non-hydrogen) atoms. The van der Waals surface area contributed by atoms with Crippen LogP contribution in [0.2, 0.25) is 0 Å². The lowest BCUT2D eigenvalue weighted by molar-refractivity contribution is -0.132. The largest absolute Gasteiger partial charge is 0.390 e. The van der Waals surface area contributed by atoms with E-state index in [2.05, 4.69) is 21.3 Å². The summed E-state index contributed by atoms with van der Waals surface area (Å²) in [4.78, 5) is 8.35. The minimum absolute atomic E-state index is 0.138. The molecule has 1 fully saturated rings. The summed E-state index contributed by atoms with van der Waals surface area (Å²) in [5.41, 5.74) is 0. The van der Waals surface area contributed by atoms with Crippen molar-refractivity contribution in [1.82, 2.24) is 10.2 Å². The fourth-order valence-corrected chi connectivity index (χ4v) is 3.02. The van der Waals surface area contributed by atoms with Gasteiger partial charge in [0.2, 0.25) is 0 Å². The summed E-state index contributed by atoms with van der Waals surface area (Å²) in [5, 5.41) is 6.06. The van der Waals surface area contributed by atoms with E-state index in [-0.39, 0.29) is 6.54 Å². The minimum Gasteiger partial charge on any atom is -0.360 e. The lowest BCUT2D eigenvalue weighted by Gasteiger charge is -2.37. The van der Waals surface area contributed by atoms with E-state index >= 15 is 0 Å². The Hall–Kier alpha value is -1.44. The summed E-state index contributed by atoms with van der Waals surface area (Å²) < 4.78 is 36.5. The normalized spacial score (nSPS) is 17.2. The average molecular weight is 320 g/mol. The number of thiophene rings is 1. The van der Waals surface area contributed by atoms with Crippen molar-refractivity contribution >= 4 is 22.3 Å². The van der Waals surface area contributed by atoms with E-state index in [1.807, 2.05) is 16.3 Å². The third kappa shape index (κ3) is 4.80. The highest BCUT2D eigenvalue weighted by Gasteiger charge is 2.27. The zero-order valence-corrected chi connectivity index (χ0v) is 12.7. The number of piperazine rings is 1. The molecule has 2 heterocycles. The molecule has 0 saturated carbocycles. The van der Waals surface area contributed by atoms with Crippen molar-refractivity contribution < 1.29 is 13.2 Å². The third-order valence-corrected chi connectivity index (χ3v) is 4.23. The Bertz CT molecular complexity index is 450. The van der Waals surface area contributed by atoms with Crippen LogP contribution >= 0.6 is 11.3 Å². The van der Waals surface area contributed by atoms with Crippen LogP contribution < -0.4 is 10.2 Å². The van der Waals surface area contributed by atoms with Gasteiger partial charge in [0.25, 0.3) is 0 Å². The molecule has 1 aromatic rings. The predicted molar refractivity (Wildman–Crippen MR) is 80.1 cm³/mol. The minimum atomic E-state index is -4.14. The second kappa shape index (κ2) is 7.02. The second-order valence-corrected chi connectivity index (χ2v) is 5.69. The van der Waals surface area contributed by atoms with Crippen LogP contribution in [0.15, 0.2) is 22.5 Å². The van der Waals surface area contributed by atoms with E-state index in [4.69, 9.17) is 0 Å². The van der Waals surface area contributed by atoms with E-state index in [1.165, 1.54) is 5.00 Å². The maximum absolute atomic E-state index is 12.2. The molecular weight excluding hydrogens is 301 g/mol. The Morgan fingerprint density at radius 1 is 1.33 bits per heavy atom. The molecule has 118 valence electrons. The topological polar surface area (TPSA) is 30.9 Å². The second-order valence-electron chi connectivity index (χ2n) is 4.76. The number of aliphatic imine (C=N–C) groups is 1. The lowest BCUT2D eigenvalue weighted by Crippen LogP contribution is -2.52. The summed E-state index contributed by atoms with van der Waals surface area (Å²) in [7, 11) is 1.60. The Kier molecular flexibility index (Phi) is 5.33. The lowest BCUT2D eigenvalue weighted by atomic mass is 10.3. The van der Waals surface area contributed by atoms with Crippen LogP contribution in [-0.4, -0.2) is 56.8 Å². The predicted octanol–water partition coefficient (Wildman–Crippen LogP) is 2.40. The molecule has 4 nitrogen and oxygen atoms in total. The van der Waals surface area contributed by atoms with Crippen molar-refractivity contribution in [3.05, 3.63) is 17.5 Å². The van der Waals surface area contributed by atoms with Gasteiger partial charge < -0.3 is 15.1 Å². The zero-order valence-electron chi connectivity index (χ0n) is 11.9. The highest BCUT2D eigenvalue weighted by molar-refractivity contribution is 7.14. The number of halogens is 3. The van der Waals surface area contributed by atoms with Gasteiger partial charge in [-0.1, -0.05) is 0 Å². The van der Waals surface area contributed by atoms with Gasteiger partial charge in [-0.25, -0.2) is 0 Å². The molecule has 0 aromatic carbocycles. The van der Waals surface area contributed by atoms with Crippen LogP contribution in [0.5, 0.6) is 0 Å². The highest BCUT2D eigenvalue weighted by atomic mass is 32.1. The monoisotopic (exact) mass is 320 g/mol. The van der Waals surface area contributed by atoms with E-state index in [0.29, 0.717) is 5.96 Å². The molecule has 0 unspecified atom stereocenters. The van der Waals surface area contributed by atoms with Crippen molar-refractivity contribution in [1.29, 1.82) is 0 Å². The standard InChI is InChI=1S/C13H19F3N4S/c1-17-12(18-5-4-13(14,15)16)20-8-6-19(7-9-20)11-3-2-10-21-11/h2-3,10H,4-9H2,1H3,(H,17,18). The molecule has 2 rings (SSSR count). The Morgan fingerprint density at radius 3 is 2.57 bits per heavy atom. The summed E-state index contributed by atoms with van der Waals surface area (Å²) in [6.45, 7) is 3.06. The smallest absolute Gasteiger partial charge is 0.360 e. The average Bonchev–Trinajstić information content (AvgIpc) is 2.97. The summed E-state index contributed by atoms with van der Waals surface area (Å²) in [5.74, 6) is 0.546. The van der Waals surface area contributed by atoms with Crippen molar-refractivity contribution in [2.45, 2.75) is 12.6 Å². The number of nitrogens with zero attached hydrogens (tertiary/aromatic N) is 3. The summed E-state index contributed by atoms with van der Waals surface area (Å²) >= 11 is 1.70. The first-order valence-corrected chi connectivity index (χ1v) is 7.68. The molecular formula is C13H19F3N4S. The maximum atomic E-state index is 12.2. The van der Waals surface area contributed by atoms with E-state index < -0.39 is 12.6 Å². The van der Waals surface area contributed by atoms with Gasteiger partial charge in [-0.2, -0.15) is 13.2 Å². The van der Waals surface area contributed by atoms with Crippen LogP contribution in [0, 0.1) is 0 Å².